The quantitative estimate of drug-likeness (QED) is 0.693. The van der Waals surface area contributed by atoms with E-state index in [1.54, 1.807) is 18.2 Å². The Labute approximate surface area is 163 Å². The number of rotatable bonds is 6. The van der Waals surface area contributed by atoms with Crippen LogP contribution in [0.2, 0.25) is 0 Å². The van der Waals surface area contributed by atoms with Crippen LogP contribution in [0.4, 0.5) is 0 Å². The first kappa shape index (κ1) is 18.1. The SMILES string of the molecule is COc1ccc(CCNC(=O)C2CN(C(=O)c3c[nH]c4ccccc34)C2)cc1. The third-order valence-electron chi connectivity index (χ3n) is 5.23. The van der Waals surface area contributed by atoms with Crippen molar-refractivity contribution in [3.8, 4) is 5.75 Å². The van der Waals surface area contributed by atoms with E-state index >= 15 is 0 Å². The van der Waals surface area contributed by atoms with E-state index in [9.17, 15) is 9.59 Å². The minimum atomic E-state index is -0.134. The van der Waals surface area contributed by atoms with Gasteiger partial charge in [-0.2, -0.15) is 0 Å². The van der Waals surface area contributed by atoms with Gasteiger partial charge in [0.25, 0.3) is 5.91 Å². The molecule has 0 saturated carbocycles. The minimum absolute atomic E-state index is 0.0106. The van der Waals surface area contributed by atoms with Gasteiger partial charge in [-0.15, -0.1) is 0 Å². The molecule has 0 aliphatic carbocycles. The number of ether oxygens (including phenoxy) is 1. The van der Waals surface area contributed by atoms with Crippen LogP contribution in [0.1, 0.15) is 15.9 Å². The van der Waals surface area contributed by atoms with Crippen molar-refractivity contribution >= 4 is 22.7 Å². The van der Waals surface area contributed by atoms with Crippen molar-refractivity contribution in [3.05, 3.63) is 65.9 Å². The average molecular weight is 377 g/mol. The summed E-state index contributed by atoms with van der Waals surface area (Å²) in [6.45, 7) is 1.51. The zero-order chi connectivity index (χ0) is 19.5. The molecule has 1 aliphatic rings. The van der Waals surface area contributed by atoms with Crippen LogP contribution in [0.15, 0.2) is 54.7 Å². The Kier molecular flexibility index (Phi) is 5.02. The van der Waals surface area contributed by atoms with E-state index in [-0.39, 0.29) is 17.7 Å². The minimum Gasteiger partial charge on any atom is -0.497 e. The van der Waals surface area contributed by atoms with E-state index in [0.29, 0.717) is 25.2 Å². The second-order valence-corrected chi connectivity index (χ2v) is 7.04. The Hall–Kier alpha value is -3.28. The number of carbonyl (C=O) groups excluding carboxylic acids is 2. The molecule has 0 unspecified atom stereocenters. The van der Waals surface area contributed by atoms with Gasteiger partial charge in [-0.3, -0.25) is 9.59 Å². The lowest BCUT2D eigenvalue weighted by Crippen LogP contribution is -2.55. The van der Waals surface area contributed by atoms with Crippen LogP contribution in [-0.2, 0) is 11.2 Å². The van der Waals surface area contributed by atoms with Crippen molar-refractivity contribution in [2.75, 3.05) is 26.7 Å². The fourth-order valence-electron chi connectivity index (χ4n) is 3.50. The molecule has 2 N–H and O–H groups in total. The highest BCUT2D eigenvalue weighted by atomic mass is 16.5. The zero-order valence-corrected chi connectivity index (χ0v) is 15.8. The van der Waals surface area contributed by atoms with Crippen LogP contribution in [0.3, 0.4) is 0 Å². The first-order chi connectivity index (χ1) is 13.7. The summed E-state index contributed by atoms with van der Waals surface area (Å²) in [6.07, 6.45) is 2.51. The van der Waals surface area contributed by atoms with Gasteiger partial charge in [0.05, 0.1) is 18.6 Å². The Bertz CT molecular complexity index is 988. The molecule has 6 nitrogen and oxygen atoms in total. The van der Waals surface area contributed by atoms with Crippen molar-refractivity contribution < 1.29 is 14.3 Å². The Balaban J connectivity index is 1.25. The van der Waals surface area contributed by atoms with Gasteiger partial charge in [0, 0.05) is 36.7 Å². The van der Waals surface area contributed by atoms with Gasteiger partial charge in [-0.25, -0.2) is 0 Å². The van der Waals surface area contributed by atoms with E-state index in [2.05, 4.69) is 10.3 Å². The van der Waals surface area contributed by atoms with Crippen molar-refractivity contribution in [1.82, 2.24) is 15.2 Å². The van der Waals surface area contributed by atoms with Crippen LogP contribution < -0.4 is 10.1 Å². The van der Waals surface area contributed by atoms with Crippen LogP contribution in [0, 0.1) is 5.92 Å². The van der Waals surface area contributed by atoms with E-state index in [1.165, 1.54) is 0 Å². The number of carbonyl (C=O) groups is 2. The summed E-state index contributed by atoms with van der Waals surface area (Å²) in [6, 6.07) is 15.6. The van der Waals surface area contributed by atoms with Gasteiger partial charge in [-0.1, -0.05) is 30.3 Å². The molecule has 2 aromatic carbocycles. The molecule has 0 spiro atoms. The largest absolute Gasteiger partial charge is 0.497 e. The number of fused-ring (bicyclic) bond motifs is 1. The Morgan fingerprint density at radius 2 is 1.89 bits per heavy atom. The number of para-hydroxylation sites is 1. The molecule has 1 fully saturated rings. The van der Waals surface area contributed by atoms with Crippen LogP contribution >= 0.6 is 0 Å². The second-order valence-electron chi connectivity index (χ2n) is 7.04. The number of hydrogen-bond donors (Lipinski definition) is 2. The molecule has 0 atom stereocenters. The molecular weight excluding hydrogens is 354 g/mol. The summed E-state index contributed by atoms with van der Waals surface area (Å²) in [5.74, 6) is 0.670. The molecule has 4 rings (SSSR count). The number of aromatic nitrogens is 1. The van der Waals surface area contributed by atoms with E-state index in [4.69, 9.17) is 4.74 Å². The third kappa shape index (κ3) is 3.58. The normalized spacial score (nSPS) is 14.0. The second kappa shape index (κ2) is 7.76. The standard InChI is InChI=1S/C22H23N3O3/c1-28-17-8-6-15(7-9-17)10-11-23-21(26)16-13-25(14-16)22(27)19-12-24-20-5-3-2-4-18(19)20/h2-9,12,16,24H,10-11,13-14H2,1H3,(H,23,26). The number of benzene rings is 2. The number of hydrogen-bond acceptors (Lipinski definition) is 3. The predicted octanol–water partition coefficient (Wildman–Crippen LogP) is 2.61. The fourth-order valence-corrected chi connectivity index (χ4v) is 3.50. The lowest BCUT2D eigenvalue weighted by atomic mass is 9.97. The number of methoxy groups -OCH3 is 1. The summed E-state index contributed by atoms with van der Waals surface area (Å²) in [7, 11) is 1.64. The Morgan fingerprint density at radius 3 is 2.64 bits per heavy atom. The topological polar surface area (TPSA) is 74.4 Å². The highest BCUT2D eigenvalue weighted by Gasteiger charge is 2.36. The molecule has 1 saturated heterocycles. The number of likely N-dealkylation sites (tertiary alicyclic amines) is 1. The van der Waals surface area contributed by atoms with Crippen LogP contribution in [-0.4, -0.2) is 48.4 Å². The molecule has 144 valence electrons. The molecule has 28 heavy (non-hydrogen) atoms. The molecule has 6 heteroatoms. The van der Waals surface area contributed by atoms with Crippen molar-refractivity contribution in [3.63, 3.8) is 0 Å². The van der Waals surface area contributed by atoms with Gasteiger partial charge in [0.15, 0.2) is 0 Å². The molecule has 0 radical (unpaired) electrons. The lowest BCUT2D eigenvalue weighted by molar-refractivity contribution is -0.128. The fraction of sp³-hybridized carbons (Fsp3) is 0.273. The van der Waals surface area contributed by atoms with E-state index in [0.717, 1.165) is 28.6 Å². The highest BCUT2D eigenvalue weighted by Crippen LogP contribution is 2.24. The van der Waals surface area contributed by atoms with Gasteiger partial charge in [0.1, 0.15) is 5.75 Å². The number of amides is 2. The molecule has 2 heterocycles. The van der Waals surface area contributed by atoms with Gasteiger partial charge >= 0.3 is 0 Å². The molecular formula is C22H23N3O3. The predicted molar refractivity (Wildman–Crippen MR) is 107 cm³/mol. The van der Waals surface area contributed by atoms with Crippen LogP contribution in [0.5, 0.6) is 5.75 Å². The first-order valence-electron chi connectivity index (χ1n) is 9.42. The molecule has 0 bridgehead atoms. The van der Waals surface area contributed by atoms with Gasteiger partial charge in [-0.05, 0) is 30.2 Å². The van der Waals surface area contributed by atoms with E-state index < -0.39 is 0 Å². The lowest BCUT2D eigenvalue weighted by Gasteiger charge is -2.38. The molecule has 1 aliphatic heterocycles. The third-order valence-corrected chi connectivity index (χ3v) is 5.23. The maximum absolute atomic E-state index is 12.7. The van der Waals surface area contributed by atoms with Crippen molar-refractivity contribution in [1.29, 1.82) is 0 Å². The zero-order valence-electron chi connectivity index (χ0n) is 15.8. The van der Waals surface area contributed by atoms with Crippen molar-refractivity contribution in [2.24, 2.45) is 5.92 Å². The number of aromatic amines is 1. The summed E-state index contributed by atoms with van der Waals surface area (Å²) >= 11 is 0. The summed E-state index contributed by atoms with van der Waals surface area (Å²) in [5, 5.41) is 3.89. The van der Waals surface area contributed by atoms with Crippen molar-refractivity contribution in [2.45, 2.75) is 6.42 Å². The monoisotopic (exact) mass is 377 g/mol. The highest BCUT2D eigenvalue weighted by molar-refractivity contribution is 6.07. The molecule has 1 aromatic heterocycles. The maximum atomic E-state index is 12.7. The average Bonchev–Trinajstić information content (AvgIpc) is 3.11. The molecule has 2 amide bonds. The first-order valence-corrected chi connectivity index (χ1v) is 9.42. The molecule has 3 aromatic rings. The number of nitrogens with one attached hydrogen (secondary N) is 2. The summed E-state index contributed by atoms with van der Waals surface area (Å²) in [5.41, 5.74) is 2.75. The summed E-state index contributed by atoms with van der Waals surface area (Å²) in [4.78, 5) is 29.8. The van der Waals surface area contributed by atoms with Gasteiger partial charge in [0.2, 0.25) is 5.91 Å². The Morgan fingerprint density at radius 1 is 1.14 bits per heavy atom. The van der Waals surface area contributed by atoms with Crippen LogP contribution in [0.25, 0.3) is 10.9 Å². The maximum Gasteiger partial charge on any atom is 0.256 e. The van der Waals surface area contributed by atoms with Gasteiger partial charge < -0.3 is 19.9 Å². The smallest absolute Gasteiger partial charge is 0.256 e. The number of nitrogens with zero attached hydrogens (tertiary/aromatic N) is 1. The summed E-state index contributed by atoms with van der Waals surface area (Å²) < 4.78 is 5.14. The van der Waals surface area contributed by atoms with E-state index in [1.807, 2.05) is 48.5 Å². The number of H-pyrrole nitrogens is 1.